The van der Waals surface area contributed by atoms with Crippen LogP contribution in [0.5, 0.6) is 5.75 Å². The van der Waals surface area contributed by atoms with Gasteiger partial charge in [-0.2, -0.15) is 4.39 Å². The van der Waals surface area contributed by atoms with Gasteiger partial charge in [0, 0.05) is 51.9 Å². The highest BCUT2D eigenvalue weighted by atomic mass is 19.2. The zero-order chi connectivity index (χ0) is 25.6. The van der Waals surface area contributed by atoms with E-state index in [1.807, 2.05) is 6.07 Å². The number of aryl methyl sites for hydroxylation is 2. The van der Waals surface area contributed by atoms with E-state index >= 15 is 0 Å². The van der Waals surface area contributed by atoms with E-state index in [4.69, 9.17) is 14.9 Å². The molecule has 10 nitrogen and oxygen atoms in total. The summed E-state index contributed by atoms with van der Waals surface area (Å²) in [6.07, 6.45) is 2.46. The molecule has 0 aliphatic rings. The van der Waals surface area contributed by atoms with Crippen LogP contribution in [0.4, 0.5) is 4.39 Å². The predicted molar refractivity (Wildman–Crippen MR) is 128 cm³/mol. The minimum absolute atomic E-state index is 0.0979. The molecule has 0 bridgehead atoms. The minimum atomic E-state index is -1.83. The van der Waals surface area contributed by atoms with E-state index in [0.717, 1.165) is 12.0 Å². The van der Waals surface area contributed by atoms with Gasteiger partial charge in [0.15, 0.2) is 0 Å². The number of amidine groups is 1. The maximum atomic E-state index is 13.6. The summed E-state index contributed by atoms with van der Waals surface area (Å²) in [5, 5.41) is 14.8. The minimum Gasteiger partial charge on any atom is -0.459 e. The molecule has 0 aliphatic carbocycles. The summed E-state index contributed by atoms with van der Waals surface area (Å²) >= 11 is 0. The van der Waals surface area contributed by atoms with Crippen molar-refractivity contribution in [3.63, 3.8) is 0 Å². The highest BCUT2D eigenvalue weighted by Crippen LogP contribution is 2.19. The summed E-state index contributed by atoms with van der Waals surface area (Å²) < 4.78 is 26.9. The lowest BCUT2D eigenvalue weighted by molar-refractivity contribution is -0.0257. The van der Waals surface area contributed by atoms with E-state index in [2.05, 4.69) is 15.4 Å². The number of hydrogen-bond donors (Lipinski definition) is 2. The second-order valence-electron chi connectivity index (χ2n) is 8.37. The standard InChI is InChI=1S/C24H29FN6O4/c1-16-27-22(23(33)28-21(26)18-6-8-19(9-7-18)35-24(2,3)25)29-31(16)15-17-10-12-30(20(32)14-17)11-5-13-34-4/h6-10,12,14H,5,11,13,15H2,1-4H3,(H2,26,28,33). The average molecular weight is 485 g/mol. The molecule has 2 N–H and O–H groups in total. The molecule has 0 saturated heterocycles. The fourth-order valence-corrected chi connectivity index (χ4v) is 3.26. The summed E-state index contributed by atoms with van der Waals surface area (Å²) in [5.41, 5.74) is 1.00. The number of halogens is 1. The van der Waals surface area contributed by atoms with Gasteiger partial charge >= 0.3 is 0 Å². The highest BCUT2D eigenvalue weighted by Gasteiger charge is 2.19. The first-order valence-electron chi connectivity index (χ1n) is 11.0. The summed E-state index contributed by atoms with van der Waals surface area (Å²) in [6.45, 7) is 5.68. The zero-order valence-electron chi connectivity index (χ0n) is 20.2. The van der Waals surface area contributed by atoms with Crippen molar-refractivity contribution in [3.05, 3.63) is 75.7 Å². The number of nitrogens with zero attached hydrogens (tertiary/aromatic N) is 4. The molecule has 0 radical (unpaired) electrons. The van der Waals surface area contributed by atoms with Crippen molar-refractivity contribution in [2.45, 2.75) is 46.1 Å². The molecule has 0 unspecified atom stereocenters. The van der Waals surface area contributed by atoms with Gasteiger partial charge in [-0.25, -0.2) is 9.67 Å². The maximum absolute atomic E-state index is 13.6. The van der Waals surface area contributed by atoms with Crippen molar-refractivity contribution in [3.8, 4) is 5.75 Å². The SMILES string of the molecule is COCCCn1ccc(Cn2nc(C(=O)NC(=N)c3ccc(OC(C)(C)F)cc3)nc2C)cc1=O. The van der Waals surface area contributed by atoms with E-state index in [1.165, 1.54) is 36.7 Å². The number of rotatable bonds is 10. The van der Waals surface area contributed by atoms with E-state index in [-0.39, 0.29) is 23.8 Å². The number of ether oxygens (including phenoxy) is 2. The number of methoxy groups -OCH3 is 1. The number of aromatic nitrogens is 4. The van der Waals surface area contributed by atoms with E-state index in [9.17, 15) is 14.0 Å². The molecule has 186 valence electrons. The van der Waals surface area contributed by atoms with Gasteiger partial charge < -0.3 is 19.4 Å². The van der Waals surface area contributed by atoms with Gasteiger partial charge in [0.2, 0.25) is 11.7 Å². The van der Waals surface area contributed by atoms with Crippen LogP contribution in [-0.4, -0.2) is 50.6 Å². The van der Waals surface area contributed by atoms with Crippen molar-refractivity contribution in [1.29, 1.82) is 5.41 Å². The molecule has 0 aliphatic heterocycles. The topological polar surface area (TPSA) is 124 Å². The maximum Gasteiger partial charge on any atom is 0.296 e. The third-order valence-corrected chi connectivity index (χ3v) is 4.94. The molecule has 0 spiro atoms. The van der Waals surface area contributed by atoms with Crippen molar-refractivity contribution < 1.29 is 18.7 Å². The van der Waals surface area contributed by atoms with Crippen LogP contribution in [-0.2, 0) is 17.8 Å². The van der Waals surface area contributed by atoms with Gasteiger partial charge in [0.05, 0.1) is 6.54 Å². The Morgan fingerprint density at radius 1 is 1.23 bits per heavy atom. The Hall–Kier alpha value is -3.86. The van der Waals surface area contributed by atoms with Crippen LogP contribution >= 0.6 is 0 Å². The number of amides is 1. The van der Waals surface area contributed by atoms with Crippen LogP contribution in [0.2, 0.25) is 0 Å². The van der Waals surface area contributed by atoms with Gasteiger partial charge in [-0.3, -0.25) is 15.0 Å². The molecule has 3 aromatic rings. The normalized spacial score (nSPS) is 11.3. The molecule has 35 heavy (non-hydrogen) atoms. The van der Waals surface area contributed by atoms with E-state index < -0.39 is 11.8 Å². The van der Waals surface area contributed by atoms with E-state index in [1.54, 1.807) is 36.9 Å². The van der Waals surface area contributed by atoms with Gasteiger partial charge in [-0.1, -0.05) is 0 Å². The molecule has 3 rings (SSSR count). The number of carbonyl (C=O) groups is 1. The average Bonchev–Trinajstić information content (AvgIpc) is 3.15. The lowest BCUT2D eigenvalue weighted by atomic mass is 10.2. The molecular weight excluding hydrogens is 455 g/mol. The Balaban J connectivity index is 1.63. The van der Waals surface area contributed by atoms with Crippen molar-refractivity contribution in [2.75, 3.05) is 13.7 Å². The van der Waals surface area contributed by atoms with Crippen LogP contribution in [0.15, 0.2) is 47.4 Å². The Morgan fingerprint density at radius 3 is 2.57 bits per heavy atom. The first kappa shape index (κ1) is 25.8. The fraction of sp³-hybridized carbons (Fsp3) is 0.375. The van der Waals surface area contributed by atoms with Crippen LogP contribution in [0.25, 0.3) is 0 Å². The van der Waals surface area contributed by atoms with Crippen LogP contribution < -0.4 is 15.6 Å². The smallest absolute Gasteiger partial charge is 0.296 e. The Bertz CT molecular complexity index is 1240. The monoisotopic (exact) mass is 484 g/mol. The third-order valence-electron chi connectivity index (χ3n) is 4.94. The van der Waals surface area contributed by atoms with Crippen molar-refractivity contribution in [2.24, 2.45) is 0 Å². The first-order valence-corrected chi connectivity index (χ1v) is 11.0. The fourth-order valence-electron chi connectivity index (χ4n) is 3.26. The summed E-state index contributed by atoms with van der Waals surface area (Å²) in [7, 11) is 1.62. The second kappa shape index (κ2) is 11.0. The molecule has 11 heteroatoms. The first-order chi connectivity index (χ1) is 16.6. The lowest BCUT2D eigenvalue weighted by Crippen LogP contribution is -2.31. The van der Waals surface area contributed by atoms with Crippen LogP contribution in [0.3, 0.4) is 0 Å². The lowest BCUT2D eigenvalue weighted by Gasteiger charge is -2.17. The number of pyridine rings is 1. The zero-order valence-corrected chi connectivity index (χ0v) is 20.2. The molecule has 0 saturated carbocycles. The third kappa shape index (κ3) is 7.31. The quantitative estimate of drug-likeness (QED) is 0.259. The number of benzene rings is 1. The number of carbonyl (C=O) groups excluding carboxylic acids is 1. The molecule has 0 fully saturated rings. The molecule has 1 amide bonds. The van der Waals surface area contributed by atoms with E-state index in [0.29, 0.717) is 30.3 Å². The van der Waals surface area contributed by atoms with Gasteiger partial charge in [-0.05, 0) is 49.2 Å². The molecule has 1 aromatic carbocycles. The van der Waals surface area contributed by atoms with Crippen LogP contribution in [0.1, 0.15) is 47.8 Å². The van der Waals surface area contributed by atoms with Gasteiger partial charge in [-0.15, -0.1) is 5.10 Å². The summed E-state index contributed by atoms with van der Waals surface area (Å²) in [4.78, 5) is 29.1. The molecular formula is C24H29FN6O4. The Labute approximate surface area is 202 Å². The predicted octanol–water partition coefficient (Wildman–Crippen LogP) is 2.67. The summed E-state index contributed by atoms with van der Waals surface area (Å²) in [5.74, 6) is -1.94. The highest BCUT2D eigenvalue weighted by molar-refractivity contribution is 6.10. The Kier molecular flexibility index (Phi) is 8.13. The largest absolute Gasteiger partial charge is 0.459 e. The van der Waals surface area contributed by atoms with Gasteiger partial charge in [0.1, 0.15) is 17.4 Å². The number of hydrogen-bond acceptors (Lipinski definition) is 7. The molecule has 0 atom stereocenters. The molecule has 2 aromatic heterocycles. The second-order valence-corrected chi connectivity index (χ2v) is 8.37. The Morgan fingerprint density at radius 2 is 1.94 bits per heavy atom. The van der Waals surface area contributed by atoms with Crippen molar-refractivity contribution in [1.82, 2.24) is 24.6 Å². The molecule has 2 heterocycles. The summed E-state index contributed by atoms with van der Waals surface area (Å²) in [6, 6.07) is 9.46. The van der Waals surface area contributed by atoms with Crippen molar-refractivity contribution >= 4 is 11.7 Å². The van der Waals surface area contributed by atoms with Gasteiger partial charge in [0.25, 0.3) is 11.5 Å². The number of alkyl halides is 1. The van der Waals surface area contributed by atoms with Crippen LogP contribution in [0, 0.1) is 12.3 Å². The number of nitrogens with one attached hydrogen (secondary N) is 2.